The third-order valence-corrected chi connectivity index (χ3v) is 4.30. The molecular formula is C17H24ClN3O4. The molecule has 2 N–H and O–H groups in total. The van der Waals surface area contributed by atoms with E-state index in [0.717, 1.165) is 31.5 Å². The molecule has 0 saturated heterocycles. The van der Waals surface area contributed by atoms with E-state index in [2.05, 4.69) is 10.6 Å². The van der Waals surface area contributed by atoms with Crippen molar-refractivity contribution < 1.29 is 14.5 Å². The predicted octanol–water partition coefficient (Wildman–Crippen LogP) is 4.35. The van der Waals surface area contributed by atoms with Crippen LogP contribution >= 0.6 is 11.6 Å². The van der Waals surface area contributed by atoms with Crippen LogP contribution in [0.2, 0.25) is 5.02 Å². The molecule has 0 bridgehead atoms. The normalized spacial score (nSPS) is 20.2. The molecule has 2 rings (SSSR count). The van der Waals surface area contributed by atoms with E-state index in [0.29, 0.717) is 5.92 Å². The molecule has 1 aliphatic carbocycles. The first-order valence-corrected chi connectivity index (χ1v) is 8.69. The predicted molar refractivity (Wildman–Crippen MR) is 97.1 cm³/mol. The van der Waals surface area contributed by atoms with Gasteiger partial charge in [-0.2, -0.15) is 0 Å². The zero-order chi connectivity index (χ0) is 18.6. The number of nitro groups is 1. The summed E-state index contributed by atoms with van der Waals surface area (Å²) in [5, 5.41) is 17.0. The van der Waals surface area contributed by atoms with Crippen LogP contribution in [0.1, 0.15) is 40.0 Å². The molecule has 25 heavy (non-hydrogen) atoms. The van der Waals surface area contributed by atoms with Crippen LogP contribution in [-0.2, 0) is 4.74 Å². The maximum Gasteiger partial charge on any atom is 0.407 e. The number of anilines is 1. The fourth-order valence-corrected chi connectivity index (χ4v) is 3.14. The lowest BCUT2D eigenvalue weighted by molar-refractivity contribution is -0.384. The number of rotatable bonds is 5. The zero-order valence-corrected chi connectivity index (χ0v) is 15.4. The van der Waals surface area contributed by atoms with E-state index in [1.54, 1.807) is 12.1 Å². The number of nitro benzene ring substituents is 1. The molecule has 0 radical (unpaired) electrons. The standard InChI is InChI=1S/C17H24ClN3O4/c1-17(2,3)25-16(22)20-13-5-4-11(8-13)10-19-12-6-7-15(21(23)24)14(18)9-12/h6-7,9,11,13,19H,4-5,8,10H2,1-3H3,(H,20,22). The second kappa shape index (κ2) is 7.91. The summed E-state index contributed by atoms with van der Waals surface area (Å²) in [6.07, 6.45) is 2.39. The van der Waals surface area contributed by atoms with Crippen molar-refractivity contribution in [2.24, 2.45) is 5.92 Å². The third-order valence-electron chi connectivity index (χ3n) is 4.00. The Labute approximate surface area is 152 Å². The Bertz CT molecular complexity index is 645. The molecule has 1 aromatic carbocycles. The van der Waals surface area contributed by atoms with Crippen molar-refractivity contribution in [2.45, 2.75) is 51.7 Å². The first-order chi connectivity index (χ1) is 11.6. The van der Waals surface area contributed by atoms with Gasteiger partial charge in [0.15, 0.2) is 0 Å². The SMILES string of the molecule is CC(C)(C)OC(=O)NC1CCC(CNc2ccc([N+](=O)[O-])c(Cl)c2)C1. The average molecular weight is 370 g/mol. The van der Waals surface area contributed by atoms with Crippen molar-refractivity contribution in [3.8, 4) is 0 Å². The Balaban J connectivity index is 1.79. The minimum atomic E-state index is -0.504. The third kappa shape index (κ3) is 6.08. The first-order valence-electron chi connectivity index (χ1n) is 8.31. The highest BCUT2D eigenvalue weighted by molar-refractivity contribution is 6.32. The van der Waals surface area contributed by atoms with Crippen LogP contribution in [0.5, 0.6) is 0 Å². The number of carbonyl (C=O) groups excluding carboxylic acids is 1. The Kier molecular flexibility index (Phi) is 6.11. The number of hydrogen-bond donors (Lipinski definition) is 2. The number of hydrogen-bond acceptors (Lipinski definition) is 5. The molecule has 7 nitrogen and oxygen atoms in total. The highest BCUT2D eigenvalue weighted by Crippen LogP contribution is 2.29. The number of halogens is 1. The zero-order valence-electron chi connectivity index (χ0n) is 14.7. The molecule has 0 spiro atoms. The number of alkyl carbamates (subject to hydrolysis) is 1. The molecule has 1 fully saturated rings. The fraction of sp³-hybridized carbons (Fsp3) is 0.588. The number of carbonyl (C=O) groups is 1. The molecule has 8 heteroatoms. The van der Waals surface area contributed by atoms with Crippen LogP contribution in [-0.4, -0.2) is 29.2 Å². The second-order valence-electron chi connectivity index (χ2n) is 7.33. The smallest absolute Gasteiger partial charge is 0.407 e. The number of benzene rings is 1. The molecule has 2 atom stereocenters. The van der Waals surface area contributed by atoms with Crippen molar-refractivity contribution in [3.63, 3.8) is 0 Å². The van der Waals surface area contributed by atoms with Crippen LogP contribution in [0.15, 0.2) is 18.2 Å². The van der Waals surface area contributed by atoms with Crippen molar-refractivity contribution >= 4 is 29.1 Å². The maximum absolute atomic E-state index is 11.8. The fourth-order valence-electron chi connectivity index (χ4n) is 2.89. The quantitative estimate of drug-likeness (QED) is 0.594. The molecule has 138 valence electrons. The van der Waals surface area contributed by atoms with E-state index < -0.39 is 10.5 Å². The Morgan fingerprint density at radius 3 is 2.72 bits per heavy atom. The summed E-state index contributed by atoms with van der Waals surface area (Å²) in [5.74, 6) is 0.411. The molecule has 1 saturated carbocycles. The van der Waals surface area contributed by atoms with Crippen LogP contribution in [0.4, 0.5) is 16.2 Å². The molecule has 2 unspecified atom stereocenters. The van der Waals surface area contributed by atoms with Gasteiger partial charge in [0.2, 0.25) is 0 Å². The van der Waals surface area contributed by atoms with Gasteiger partial charge >= 0.3 is 6.09 Å². The summed E-state index contributed by atoms with van der Waals surface area (Å²) in [6, 6.07) is 4.72. The number of amides is 1. The van der Waals surface area contributed by atoms with Gasteiger partial charge in [0.25, 0.3) is 5.69 Å². The molecular weight excluding hydrogens is 346 g/mol. The van der Waals surface area contributed by atoms with Crippen LogP contribution in [0.3, 0.4) is 0 Å². The number of ether oxygens (including phenoxy) is 1. The Morgan fingerprint density at radius 1 is 1.40 bits per heavy atom. The molecule has 1 aliphatic rings. The summed E-state index contributed by atoms with van der Waals surface area (Å²) in [6.45, 7) is 6.23. The van der Waals surface area contributed by atoms with Gasteiger partial charge in [-0.15, -0.1) is 0 Å². The summed E-state index contributed by atoms with van der Waals surface area (Å²) in [5.41, 5.74) is 0.146. The summed E-state index contributed by atoms with van der Waals surface area (Å²) in [4.78, 5) is 22.1. The summed E-state index contributed by atoms with van der Waals surface area (Å²) < 4.78 is 5.27. The van der Waals surface area contributed by atoms with Gasteiger partial charge in [-0.05, 0) is 58.1 Å². The Hall–Kier alpha value is -2.02. The highest BCUT2D eigenvalue weighted by atomic mass is 35.5. The van der Waals surface area contributed by atoms with Crippen molar-refractivity contribution in [2.75, 3.05) is 11.9 Å². The van der Waals surface area contributed by atoms with E-state index in [4.69, 9.17) is 16.3 Å². The maximum atomic E-state index is 11.8. The van der Waals surface area contributed by atoms with Gasteiger partial charge in [-0.1, -0.05) is 11.6 Å². The minimum Gasteiger partial charge on any atom is -0.444 e. The Morgan fingerprint density at radius 2 is 2.12 bits per heavy atom. The van der Waals surface area contributed by atoms with E-state index in [1.165, 1.54) is 6.07 Å². The van der Waals surface area contributed by atoms with Crippen LogP contribution < -0.4 is 10.6 Å². The topological polar surface area (TPSA) is 93.5 Å². The van der Waals surface area contributed by atoms with Gasteiger partial charge in [-0.25, -0.2) is 4.79 Å². The van der Waals surface area contributed by atoms with Crippen LogP contribution in [0, 0.1) is 16.0 Å². The van der Waals surface area contributed by atoms with Crippen molar-refractivity contribution in [3.05, 3.63) is 33.3 Å². The summed E-state index contributed by atoms with van der Waals surface area (Å²) >= 11 is 5.91. The lowest BCUT2D eigenvalue weighted by Gasteiger charge is -2.21. The van der Waals surface area contributed by atoms with E-state index in [9.17, 15) is 14.9 Å². The molecule has 0 aromatic heterocycles. The number of nitrogens with one attached hydrogen (secondary N) is 2. The molecule has 0 aliphatic heterocycles. The lowest BCUT2D eigenvalue weighted by atomic mass is 10.1. The molecule has 0 heterocycles. The lowest BCUT2D eigenvalue weighted by Crippen LogP contribution is -2.38. The highest BCUT2D eigenvalue weighted by Gasteiger charge is 2.27. The largest absolute Gasteiger partial charge is 0.444 e. The molecule has 1 aromatic rings. The van der Waals surface area contributed by atoms with Crippen molar-refractivity contribution in [1.82, 2.24) is 5.32 Å². The monoisotopic (exact) mass is 369 g/mol. The molecule has 1 amide bonds. The summed E-state index contributed by atoms with van der Waals surface area (Å²) in [7, 11) is 0. The van der Waals surface area contributed by atoms with Gasteiger partial charge < -0.3 is 15.4 Å². The first kappa shape index (κ1) is 19.3. The van der Waals surface area contributed by atoms with Gasteiger partial charge in [0, 0.05) is 24.3 Å². The minimum absolute atomic E-state index is 0.102. The van der Waals surface area contributed by atoms with Gasteiger partial charge in [0.05, 0.1) is 4.92 Å². The average Bonchev–Trinajstić information content (AvgIpc) is 2.90. The van der Waals surface area contributed by atoms with E-state index in [1.807, 2.05) is 20.8 Å². The van der Waals surface area contributed by atoms with E-state index >= 15 is 0 Å². The van der Waals surface area contributed by atoms with Gasteiger partial charge in [0.1, 0.15) is 10.6 Å². The van der Waals surface area contributed by atoms with Gasteiger partial charge in [-0.3, -0.25) is 10.1 Å². The van der Waals surface area contributed by atoms with E-state index in [-0.39, 0.29) is 22.8 Å². The van der Waals surface area contributed by atoms with Crippen molar-refractivity contribution in [1.29, 1.82) is 0 Å². The number of nitrogens with zero attached hydrogens (tertiary/aromatic N) is 1. The van der Waals surface area contributed by atoms with Crippen LogP contribution in [0.25, 0.3) is 0 Å². The second-order valence-corrected chi connectivity index (χ2v) is 7.73.